The van der Waals surface area contributed by atoms with Crippen molar-refractivity contribution in [1.29, 1.82) is 0 Å². The van der Waals surface area contributed by atoms with E-state index in [1.807, 2.05) is 0 Å². The first kappa shape index (κ1) is 14.0. The average Bonchev–Trinajstić information content (AvgIpc) is 2.76. The zero-order valence-corrected chi connectivity index (χ0v) is 12.6. The van der Waals surface area contributed by atoms with Gasteiger partial charge in [-0.05, 0) is 31.2 Å². The standard InChI is InChI=1S/C13H17NO4S2/c15-13(16)11-8-4-6-20(17)7-9(8)19-12(11)14-10-3-1-2-5-18-10/h10,14H,1-7H2,(H,15,16). The molecule has 1 aromatic rings. The minimum atomic E-state index is -0.909. The zero-order valence-electron chi connectivity index (χ0n) is 11.0. The molecule has 0 radical (unpaired) electrons. The molecule has 2 atom stereocenters. The molecule has 5 nitrogen and oxygen atoms in total. The highest BCUT2D eigenvalue weighted by Gasteiger charge is 2.28. The summed E-state index contributed by atoms with van der Waals surface area (Å²) in [5, 5.41) is 13.3. The quantitative estimate of drug-likeness (QED) is 0.894. The average molecular weight is 315 g/mol. The fraction of sp³-hybridized carbons (Fsp3) is 0.615. The number of fused-ring (bicyclic) bond motifs is 1. The molecule has 0 saturated carbocycles. The Morgan fingerprint density at radius 2 is 2.30 bits per heavy atom. The summed E-state index contributed by atoms with van der Waals surface area (Å²) in [6.07, 6.45) is 3.53. The Morgan fingerprint density at radius 3 is 3.00 bits per heavy atom. The van der Waals surface area contributed by atoms with Gasteiger partial charge in [0.1, 0.15) is 11.2 Å². The topological polar surface area (TPSA) is 75.6 Å². The number of nitrogens with one attached hydrogen (secondary N) is 1. The second kappa shape index (κ2) is 5.83. The van der Waals surface area contributed by atoms with Gasteiger partial charge in [-0.25, -0.2) is 4.79 Å². The molecular formula is C13H17NO4S2. The van der Waals surface area contributed by atoms with E-state index in [1.165, 1.54) is 11.3 Å². The second-order valence-electron chi connectivity index (χ2n) is 5.05. The van der Waals surface area contributed by atoms with Crippen LogP contribution in [0.25, 0.3) is 0 Å². The maximum atomic E-state index is 11.6. The first-order chi connectivity index (χ1) is 9.65. The van der Waals surface area contributed by atoms with Crippen molar-refractivity contribution >= 4 is 33.1 Å². The lowest BCUT2D eigenvalue weighted by Gasteiger charge is -2.24. The van der Waals surface area contributed by atoms with E-state index in [9.17, 15) is 14.1 Å². The van der Waals surface area contributed by atoms with E-state index in [0.717, 1.165) is 36.3 Å². The molecular weight excluding hydrogens is 298 g/mol. The molecule has 1 saturated heterocycles. The maximum Gasteiger partial charge on any atom is 0.338 e. The lowest BCUT2D eigenvalue weighted by molar-refractivity contribution is 0.0344. The van der Waals surface area contributed by atoms with Gasteiger partial charge in [0.15, 0.2) is 0 Å². The number of carboxylic acids is 1. The largest absolute Gasteiger partial charge is 0.478 e. The van der Waals surface area contributed by atoms with Gasteiger partial charge in [-0.15, -0.1) is 11.3 Å². The van der Waals surface area contributed by atoms with Crippen LogP contribution in [0.2, 0.25) is 0 Å². The van der Waals surface area contributed by atoms with E-state index >= 15 is 0 Å². The SMILES string of the molecule is O=C(O)c1c(NC2CCCCO2)sc2c1CCS(=O)C2. The van der Waals surface area contributed by atoms with Gasteiger partial charge in [0.25, 0.3) is 0 Å². The van der Waals surface area contributed by atoms with Crippen LogP contribution in [0.4, 0.5) is 5.00 Å². The van der Waals surface area contributed by atoms with E-state index in [0.29, 0.717) is 28.5 Å². The van der Waals surface area contributed by atoms with Crippen LogP contribution in [0, 0.1) is 0 Å². The highest BCUT2D eigenvalue weighted by atomic mass is 32.2. The van der Waals surface area contributed by atoms with Crippen LogP contribution in [0.5, 0.6) is 0 Å². The van der Waals surface area contributed by atoms with E-state index in [2.05, 4.69) is 5.32 Å². The Balaban J connectivity index is 1.89. The third-order valence-electron chi connectivity index (χ3n) is 3.65. The van der Waals surface area contributed by atoms with E-state index in [4.69, 9.17) is 4.74 Å². The molecule has 110 valence electrons. The Hall–Kier alpha value is -0.920. The Labute approximate surface area is 123 Å². The molecule has 0 aliphatic carbocycles. The maximum absolute atomic E-state index is 11.6. The summed E-state index contributed by atoms with van der Waals surface area (Å²) in [6, 6.07) is 0. The molecule has 2 aliphatic heterocycles. The molecule has 0 bridgehead atoms. The van der Waals surface area contributed by atoms with Crippen LogP contribution >= 0.6 is 11.3 Å². The number of aromatic carboxylic acids is 1. The minimum Gasteiger partial charge on any atom is -0.478 e. The monoisotopic (exact) mass is 315 g/mol. The number of carboxylic acid groups (broad SMARTS) is 1. The van der Waals surface area contributed by atoms with Crippen LogP contribution in [-0.4, -0.2) is 33.9 Å². The third kappa shape index (κ3) is 2.75. The summed E-state index contributed by atoms with van der Waals surface area (Å²) >= 11 is 1.42. The highest BCUT2D eigenvalue weighted by Crippen LogP contribution is 2.38. The van der Waals surface area contributed by atoms with Gasteiger partial charge in [0.2, 0.25) is 0 Å². The van der Waals surface area contributed by atoms with E-state index in [-0.39, 0.29) is 6.23 Å². The molecule has 20 heavy (non-hydrogen) atoms. The van der Waals surface area contributed by atoms with Crippen molar-refractivity contribution in [3.05, 3.63) is 16.0 Å². The van der Waals surface area contributed by atoms with Crippen molar-refractivity contribution in [3.8, 4) is 0 Å². The van der Waals surface area contributed by atoms with Crippen molar-refractivity contribution in [3.63, 3.8) is 0 Å². The predicted octanol–water partition coefficient (Wildman–Crippen LogP) is 2.19. The molecule has 0 amide bonds. The van der Waals surface area contributed by atoms with Gasteiger partial charge < -0.3 is 15.2 Å². The van der Waals surface area contributed by atoms with E-state index < -0.39 is 16.8 Å². The molecule has 3 heterocycles. The molecule has 2 unspecified atom stereocenters. The molecule has 3 rings (SSSR count). The summed E-state index contributed by atoms with van der Waals surface area (Å²) < 4.78 is 17.2. The van der Waals surface area contributed by atoms with Crippen LogP contribution < -0.4 is 5.32 Å². The zero-order chi connectivity index (χ0) is 14.1. The summed E-state index contributed by atoms with van der Waals surface area (Å²) in [6.45, 7) is 0.717. The van der Waals surface area contributed by atoms with Crippen LogP contribution in [0.3, 0.4) is 0 Å². The lowest BCUT2D eigenvalue weighted by Crippen LogP contribution is -2.27. The summed E-state index contributed by atoms with van der Waals surface area (Å²) in [5.74, 6) is 0.130. The molecule has 2 N–H and O–H groups in total. The number of rotatable bonds is 3. The fourth-order valence-electron chi connectivity index (χ4n) is 2.66. The summed E-state index contributed by atoms with van der Waals surface area (Å²) in [7, 11) is -0.858. The minimum absolute atomic E-state index is 0.104. The van der Waals surface area contributed by atoms with Gasteiger partial charge in [-0.1, -0.05) is 0 Å². The van der Waals surface area contributed by atoms with Crippen molar-refractivity contribution in [2.75, 3.05) is 17.7 Å². The first-order valence-electron chi connectivity index (χ1n) is 6.76. The van der Waals surface area contributed by atoms with Gasteiger partial charge in [0.05, 0.1) is 11.3 Å². The summed E-state index contributed by atoms with van der Waals surface area (Å²) in [5.41, 5.74) is 1.22. The lowest BCUT2D eigenvalue weighted by atomic mass is 10.1. The predicted molar refractivity (Wildman–Crippen MR) is 78.9 cm³/mol. The van der Waals surface area contributed by atoms with Gasteiger partial charge in [0, 0.05) is 28.0 Å². The smallest absolute Gasteiger partial charge is 0.338 e. The molecule has 7 heteroatoms. The molecule has 0 spiro atoms. The third-order valence-corrected chi connectivity index (χ3v) is 6.26. The molecule has 1 aromatic heterocycles. The number of hydrogen-bond donors (Lipinski definition) is 2. The molecule has 2 aliphatic rings. The van der Waals surface area contributed by atoms with Crippen LogP contribution in [0.15, 0.2) is 0 Å². The van der Waals surface area contributed by atoms with E-state index in [1.54, 1.807) is 0 Å². The Bertz CT molecular complexity index is 549. The summed E-state index contributed by atoms with van der Waals surface area (Å²) in [4.78, 5) is 12.5. The molecule has 1 fully saturated rings. The normalized spacial score (nSPS) is 26.0. The van der Waals surface area contributed by atoms with Crippen molar-refractivity contribution in [1.82, 2.24) is 0 Å². The van der Waals surface area contributed by atoms with Gasteiger partial charge in [-0.3, -0.25) is 4.21 Å². The number of carbonyl (C=O) groups is 1. The van der Waals surface area contributed by atoms with Crippen molar-refractivity contribution in [2.24, 2.45) is 0 Å². The number of thiophene rings is 1. The highest BCUT2D eigenvalue weighted by molar-refractivity contribution is 7.84. The number of anilines is 1. The Morgan fingerprint density at radius 1 is 1.45 bits per heavy atom. The second-order valence-corrected chi connectivity index (χ2v) is 7.73. The first-order valence-corrected chi connectivity index (χ1v) is 9.06. The van der Waals surface area contributed by atoms with Gasteiger partial charge in [-0.2, -0.15) is 0 Å². The van der Waals surface area contributed by atoms with Crippen molar-refractivity contribution in [2.45, 2.75) is 37.7 Å². The fourth-order valence-corrected chi connectivity index (χ4v) is 5.41. The van der Waals surface area contributed by atoms with Crippen LogP contribution in [0.1, 0.15) is 40.1 Å². The Kier molecular flexibility index (Phi) is 4.09. The molecule has 0 aromatic carbocycles. The van der Waals surface area contributed by atoms with Crippen molar-refractivity contribution < 1.29 is 18.8 Å². The number of ether oxygens (including phenoxy) is 1. The van der Waals surface area contributed by atoms with Crippen LogP contribution in [-0.2, 0) is 27.7 Å². The van der Waals surface area contributed by atoms with Gasteiger partial charge >= 0.3 is 5.97 Å². The number of hydrogen-bond acceptors (Lipinski definition) is 5.